The molecule has 0 amide bonds. The van der Waals surface area contributed by atoms with Gasteiger partial charge in [-0.25, -0.2) is 12.7 Å². The van der Waals surface area contributed by atoms with Gasteiger partial charge >= 0.3 is 6.18 Å². The average Bonchev–Trinajstić information content (AvgIpc) is 3.07. The third-order valence-corrected chi connectivity index (χ3v) is 6.72. The molecule has 1 aliphatic heterocycles. The Bertz CT molecular complexity index is 885. The molecule has 1 fully saturated rings. The minimum absolute atomic E-state index is 0.0208. The van der Waals surface area contributed by atoms with E-state index < -0.39 is 27.5 Å². The van der Waals surface area contributed by atoms with Crippen LogP contribution in [0, 0.1) is 5.92 Å². The number of alkyl halides is 3. The van der Waals surface area contributed by atoms with E-state index in [1.165, 1.54) is 16.4 Å². The Morgan fingerprint density at radius 1 is 1.04 bits per heavy atom. The molecule has 0 unspecified atom stereocenters. The van der Waals surface area contributed by atoms with Crippen molar-refractivity contribution in [3.05, 3.63) is 71.3 Å². The van der Waals surface area contributed by atoms with Crippen molar-refractivity contribution in [3.63, 3.8) is 0 Å². The predicted molar refractivity (Wildman–Crippen MR) is 97.4 cm³/mol. The highest BCUT2D eigenvalue weighted by Crippen LogP contribution is 2.35. The van der Waals surface area contributed by atoms with E-state index in [4.69, 9.17) is 5.73 Å². The number of sulfonamides is 1. The van der Waals surface area contributed by atoms with Crippen LogP contribution in [0.3, 0.4) is 0 Å². The molecule has 0 radical (unpaired) electrons. The summed E-state index contributed by atoms with van der Waals surface area (Å²) in [5, 5.41) is 0. The van der Waals surface area contributed by atoms with Gasteiger partial charge in [0.05, 0.1) is 11.3 Å². The first kappa shape index (κ1) is 19.9. The third kappa shape index (κ3) is 4.51. The highest BCUT2D eigenvalue weighted by atomic mass is 32.2. The van der Waals surface area contributed by atoms with Crippen molar-refractivity contribution in [1.29, 1.82) is 0 Å². The molecule has 8 heteroatoms. The highest BCUT2D eigenvalue weighted by Gasteiger charge is 2.39. The van der Waals surface area contributed by atoms with E-state index in [9.17, 15) is 21.6 Å². The molecule has 0 spiro atoms. The minimum Gasteiger partial charge on any atom is -0.330 e. The summed E-state index contributed by atoms with van der Waals surface area (Å²) in [6.45, 7) is 0.902. The lowest BCUT2D eigenvalue weighted by Gasteiger charge is -2.17. The summed E-state index contributed by atoms with van der Waals surface area (Å²) >= 11 is 0. The number of hydrogen-bond donors (Lipinski definition) is 1. The molecule has 0 saturated carbocycles. The fourth-order valence-corrected chi connectivity index (χ4v) is 5.10. The van der Waals surface area contributed by atoms with Crippen LogP contribution in [0.25, 0.3) is 0 Å². The number of hydrogen-bond acceptors (Lipinski definition) is 3. The van der Waals surface area contributed by atoms with E-state index in [0.29, 0.717) is 6.54 Å². The molecular weight excluding hydrogens is 377 g/mol. The van der Waals surface area contributed by atoms with Crippen molar-refractivity contribution >= 4 is 10.0 Å². The molecule has 0 aromatic heterocycles. The second-order valence-corrected chi connectivity index (χ2v) is 8.75. The maximum absolute atomic E-state index is 12.9. The smallest absolute Gasteiger partial charge is 0.330 e. The van der Waals surface area contributed by atoms with Gasteiger partial charge in [0, 0.05) is 19.0 Å². The van der Waals surface area contributed by atoms with Gasteiger partial charge in [-0.2, -0.15) is 13.2 Å². The van der Waals surface area contributed by atoms with Crippen molar-refractivity contribution in [2.75, 3.05) is 19.6 Å². The molecule has 1 aliphatic rings. The highest BCUT2D eigenvalue weighted by molar-refractivity contribution is 7.88. The van der Waals surface area contributed by atoms with Gasteiger partial charge in [0.2, 0.25) is 10.0 Å². The lowest BCUT2D eigenvalue weighted by atomic mass is 9.89. The lowest BCUT2D eigenvalue weighted by Crippen LogP contribution is -2.31. The first-order valence-electron chi connectivity index (χ1n) is 8.59. The molecule has 146 valence electrons. The summed E-state index contributed by atoms with van der Waals surface area (Å²) in [4.78, 5) is 0. The van der Waals surface area contributed by atoms with E-state index in [2.05, 4.69) is 0 Å². The number of halogens is 3. The fourth-order valence-electron chi connectivity index (χ4n) is 3.51. The quantitative estimate of drug-likeness (QED) is 0.841. The van der Waals surface area contributed by atoms with E-state index >= 15 is 0 Å². The number of nitrogens with zero attached hydrogens (tertiary/aromatic N) is 1. The molecule has 3 rings (SSSR count). The fraction of sp³-hybridized carbons (Fsp3) is 0.368. The van der Waals surface area contributed by atoms with Gasteiger partial charge in [-0.1, -0.05) is 48.5 Å². The second-order valence-electron chi connectivity index (χ2n) is 6.78. The molecule has 0 aliphatic carbocycles. The van der Waals surface area contributed by atoms with Crippen LogP contribution in [0.2, 0.25) is 0 Å². The Balaban J connectivity index is 1.80. The second kappa shape index (κ2) is 7.61. The van der Waals surface area contributed by atoms with E-state index in [-0.39, 0.29) is 30.5 Å². The lowest BCUT2D eigenvalue weighted by molar-refractivity contribution is -0.137. The van der Waals surface area contributed by atoms with Crippen LogP contribution in [0.15, 0.2) is 54.6 Å². The molecular formula is C19H21F3N2O2S. The van der Waals surface area contributed by atoms with Crippen LogP contribution in [0.1, 0.15) is 22.6 Å². The van der Waals surface area contributed by atoms with Crippen molar-refractivity contribution in [2.45, 2.75) is 17.8 Å². The molecule has 0 bridgehead atoms. The Kier molecular flexibility index (Phi) is 5.60. The minimum atomic E-state index is -4.50. The number of nitrogens with two attached hydrogens (primary N) is 1. The molecule has 4 nitrogen and oxygen atoms in total. The largest absolute Gasteiger partial charge is 0.416 e. The SMILES string of the molecule is NC[C@@H]1CN(S(=O)(=O)Cc2cccc(C(F)(F)F)c2)C[C@H]1c1ccccc1. The molecule has 1 saturated heterocycles. The zero-order chi connectivity index (χ0) is 19.7. The Morgan fingerprint density at radius 3 is 2.37 bits per heavy atom. The van der Waals surface area contributed by atoms with Crippen LogP contribution in [-0.2, 0) is 22.0 Å². The van der Waals surface area contributed by atoms with Crippen molar-refractivity contribution in [2.24, 2.45) is 11.7 Å². The van der Waals surface area contributed by atoms with Crippen LogP contribution in [0.5, 0.6) is 0 Å². The molecule has 27 heavy (non-hydrogen) atoms. The predicted octanol–water partition coefficient (Wildman–Crippen LogP) is 3.21. The maximum Gasteiger partial charge on any atom is 0.416 e. The molecule has 2 atom stereocenters. The summed E-state index contributed by atoms with van der Waals surface area (Å²) in [6.07, 6.45) is -4.50. The molecule has 2 N–H and O–H groups in total. The zero-order valence-electron chi connectivity index (χ0n) is 14.6. The van der Waals surface area contributed by atoms with Crippen molar-refractivity contribution < 1.29 is 21.6 Å². The number of benzene rings is 2. The number of rotatable bonds is 5. The van der Waals surface area contributed by atoms with Gasteiger partial charge in [-0.3, -0.25) is 0 Å². The Morgan fingerprint density at radius 2 is 1.74 bits per heavy atom. The molecule has 1 heterocycles. The average molecular weight is 398 g/mol. The Labute approximate surface area is 156 Å². The maximum atomic E-state index is 12.9. The normalized spacial score (nSPS) is 21.5. The summed E-state index contributed by atoms with van der Waals surface area (Å²) in [6, 6.07) is 14.0. The topological polar surface area (TPSA) is 63.4 Å². The Hall–Kier alpha value is -1.90. The van der Waals surface area contributed by atoms with E-state index in [0.717, 1.165) is 17.7 Å². The van der Waals surface area contributed by atoms with Crippen LogP contribution >= 0.6 is 0 Å². The van der Waals surface area contributed by atoms with Crippen molar-refractivity contribution in [1.82, 2.24) is 4.31 Å². The van der Waals surface area contributed by atoms with Gasteiger partial charge in [0.25, 0.3) is 0 Å². The summed E-state index contributed by atoms with van der Waals surface area (Å²) < 4.78 is 65.6. The standard InChI is InChI=1S/C19H21F3N2O2S/c20-19(21,22)17-8-4-5-14(9-17)13-27(25,26)24-11-16(10-23)18(12-24)15-6-2-1-3-7-15/h1-9,16,18H,10-13,23H2/t16-,18+/m1/s1. The molecule has 2 aromatic carbocycles. The van der Waals surface area contributed by atoms with Crippen LogP contribution < -0.4 is 5.73 Å². The first-order chi connectivity index (χ1) is 12.7. The summed E-state index contributed by atoms with van der Waals surface area (Å²) in [5.41, 5.74) is 6.13. The third-order valence-electron chi connectivity index (χ3n) is 4.93. The van der Waals surface area contributed by atoms with Gasteiger partial charge in [0.1, 0.15) is 0 Å². The van der Waals surface area contributed by atoms with Gasteiger partial charge in [0.15, 0.2) is 0 Å². The first-order valence-corrected chi connectivity index (χ1v) is 10.2. The van der Waals surface area contributed by atoms with Gasteiger partial charge in [-0.15, -0.1) is 0 Å². The van der Waals surface area contributed by atoms with E-state index in [1.807, 2.05) is 30.3 Å². The van der Waals surface area contributed by atoms with Crippen LogP contribution in [-0.4, -0.2) is 32.4 Å². The van der Waals surface area contributed by atoms with Gasteiger partial charge in [-0.05, 0) is 29.7 Å². The monoisotopic (exact) mass is 398 g/mol. The van der Waals surface area contributed by atoms with E-state index in [1.54, 1.807) is 0 Å². The summed E-state index contributed by atoms with van der Waals surface area (Å²) in [7, 11) is -3.75. The van der Waals surface area contributed by atoms with Crippen LogP contribution in [0.4, 0.5) is 13.2 Å². The summed E-state index contributed by atoms with van der Waals surface area (Å²) in [5.74, 6) is -0.508. The zero-order valence-corrected chi connectivity index (χ0v) is 15.4. The van der Waals surface area contributed by atoms with Crippen molar-refractivity contribution in [3.8, 4) is 0 Å². The molecule has 2 aromatic rings. The van der Waals surface area contributed by atoms with Gasteiger partial charge < -0.3 is 5.73 Å².